The second-order valence-corrected chi connectivity index (χ2v) is 7.74. The minimum Gasteiger partial charge on any atom is -0.380 e. The van der Waals surface area contributed by atoms with Crippen molar-refractivity contribution >= 4 is 29.1 Å². The third-order valence-corrected chi connectivity index (χ3v) is 5.65. The van der Waals surface area contributed by atoms with Crippen molar-refractivity contribution in [3.63, 3.8) is 0 Å². The van der Waals surface area contributed by atoms with E-state index in [-0.39, 0.29) is 16.5 Å². The Labute approximate surface area is 168 Å². The topological polar surface area (TPSA) is 64.7 Å². The van der Waals surface area contributed by atoms with Gasteiger partial charge in [-0.1, -0.05) is 11.6 Å². The summed E-state index contributed by atoms with van der Waals surface area (Å²) >= 11 is 6.14. The molecule has 2 aliphatic rings. The lowest BCUT2D eigenvalue weighted by atomic mass is 9.97. The number of carbonyl (C=O) groups is 2. The maximum atomic E-state index is 12.2. The van der Waals surface area contributed by atoms with Gasteiger partial charge in [-0.25, -0.2) is 8.78 Å². The number of amides is 2. The van der Waals surface area contributed by atoms with Crippen LogP contribution in [-0.4, -0.2) is 72.8 Å². The molecule has 2 amide bonds. The molecule has 0 aromatic heterocycles. The predicted molar refractivity (Wildman–Crippen MR) is 104 cm³/mol. The Morgan fingerprint density at radius 2 is 1.93 bits per heavy atom. The van der Waals surface area contributed by atoms with E-state index in [1.54, 1.807) is 25.1 Å². The summed E-state index contributed by atoms with van der Waals surface area (Å²) in [5.41, 5.74) is 0.979. The van der Waals surface area contributed by atoms with Crippen molar-refractivity contribution < 1.29 is 18.4 Å². The lowest BCUT2D eigenvalue weighted by Gasteiger charge is -2.47. The quantitative estimate of drug-likeness (QED) is 0.750. The molecule has 2 fully saturated rings. The van der Waals surface area contributed by atoms with Gasteiger partial charge in [0, 0.05) is 44.8 Å². The first kappa shape index (κ1) is 20.8. The lowest BCUT2D eigenvalue weighted by molar-refractivity contribution is -0.130. The first-order valence-corrected chi connectivity index (χ1v) is 9.83. The molecular formula is C19H25ClF2N4O2. The van der Waals surface area contributed by atoms with Crippen molar-refractivity contribution in [1.29, 1.82) is 0 Å². The van der Waals surface area contributed by atoms with Crippen LogP contribution in [0.5, 0.6) is 0 Å². The third-order valence-electron chi connectivity index (χ3n) is 5.34. The van der Waals surface area contributed by atoms with Crippen molar-refractivity contribution in [2.45, 2.75) is 38.3 Å². The van der Waals surface area contributed by atoms with E-state index in [4.69, 9.17) is 11.6 Å². The highest BCUT2D eigenvalue weighted by atomic mass is 35.5. The molecule has 1 aromatic carbocycles. The molecule has 2 heterocycles. The van der Waals surface area contributed by atoms with Crippen LogP contribution < -0.4 is 10.6 Å². The molecule has 28 heavy (non-hydrogen) atoms. The summed E-state index contributed by atoms with van der Waals surface area (Å²) in [5, 5.41) is 5.76. The molecular weight excluding hydrogens is 390 g/mol. The van der Waals surface area contributed by atoms with Crippen LogP contribution in [0.3, 0.4) is 0 Å². The highest BCUT2D eigenvalue weighted by Gasteiger charge is 2.34. The van der Waals surface area contributed by atoms with Gasteiger partial charge in [-0.15, -0.1) is 0 Å². The number of benzene rings is 1. The molecule has 0 bridgehead atoms. The fourth-order valence-electron chi connectivity index (χ4n) is 3.74. The third kappa shape index (κ3) is 5.11. The smallest absolute Gasteiger partial charge is 0.255 e. The molecule has 0 aliphatic carbocycles. The van der Waals surface area contributed by atoms with Crippen molar-refractivity contribution in [2.24, 2.45) is 0 Å². The summed E-state index contributed by atoms with van der Waals surface area (Å²) in [6.45, 7) is 4.39. The molecule has 154 valence electrons. The average molecular weight is 415 g/mol. The van der Waals surface area contributed by atoms with Crippen LogP contribution in [0.4, 0.5) is 14.5 Å². The average Bonchev–Trinajstić information content (AvgIpc) is 2.62. The van der Waals surface area contributed by atoms with E-state index in [1.165, 1.54) is 0 Å². The van der Waals surface area contributed by atoms with Gasteiger partial charge in [-0.05, 0) is 31.0 Å². The first-order valence-electron chi connectivity index (χ1n) is 9.45. The molecule has 3 rings (SSSR count). The van der Waals surface area contributed by atoms with Gasteiger partial charge < -0.3 is 15.5 Å². The molecule has 6 nitrogen and oxygen atoms in total. The number of carbonyl (C=O) groups excluding carboxylic acids is 2. The number of rotatable bonds is 6. The number of hydrogen-bond donors (Lipinski definition) is 2. The molecule has 9 heteroatoms. The van der Waals surface area contributed by atoms with Crippen LogP contribution in [0.25, 0.3) is 0 Å². The molecule has 0 unspecified atom stereocenters. The van der Waals surface area contributed by atoms with Crippen LogP contribution in [0.15, 0.2) is 18.2 Å². The fourth-order valence-corrected chi connectivity index (χ4v) is 4.00. The summed E-state index contributed by atoms with van der Waals surface area (Å²) in [6.07, 6.45) is -0.596. The van der Waals surface area contributed by atoms with Gasteiger partial charge in [-0.2, -0.15) is 0 Å². The summed E-state index contributed by atoms with van der Waals surface area (Å²) < 4.78 is 24.4. The minimum absolute atomic E-state index is 0.143. The van der Waals surface area contributed by atoms with E-state index < -0.39 is 18.9 Å². The number of nitrogens with one attached hydrogen (secondary N) is 2. The standard InChI is InChI=1S/C19H25ClF2N4O2/c1-12(27)25-6-4-15(5-7-25)26-10-14(11-26)24-13-2-3-16(17(20)8-13)19(28)23-9-18(21)22/h2-3,8,14-15,18,24H,4-7,9-11H2,1H3,(H,23,28). The number of alkyl halides is 2. The van der Waals surface area contributed by atoms with Crippen LogP contribution in [0, 0.1) is 0 Å². The Bertz CT molecular complexity index is 720. The first-order chi connectivity index (χ1) is 13.3. The van der Waals surface area contributed by atoms with E-state index in [9.17, 15) is 18.4 Å². The number of piperidine rings is 1. The zero-order chi connectivity index (χ0) is 20.3. The normalized spacial score (nSPS) is 18.8. The van der Waals surface area contributed by atoms with Crippen molar-refractivity contribution in [2.75, 3.05) is 38.0 Å². The predicted octanol–water partition coefficient (Wildman–Crippen LogP) is 2.44. The highest BCUT2D eigenvalue weighted by molar-refractivity contribution is 6.34. The Hall–Kier alpha value is -1.93. The summed E-state index contributed by atoms with van der Waals surface area (Å²) in [4.78, 5) is 27.6. The molecule has 0 atom stereocenters. The van der Waals surface area contributed by atoms with E-state index in [0.717, 1.165) is 44.7 Å². The molecule has 2 saturated heterocycles. The number of halogens is 3. The molecule has 2 aliphatic heterocycles. The van der Waals surface area contributed by atoms with Crippen molar-refractivity contribution in [1.82, 2.24) is 15.1 Å². The fraction of sp³-hybridized carbons (Fsp3) is 0.579. The minimum atomic E-state index is -2.60. The van der Waals surface area contributed by atoms with E-state index in [2.05, 4.69) is 15.5 Å². The van der Waals surface area contributed by atoms with Crippen LogP contribution in [0.2, 0.25) is 5.02 Å². The monoisotopic (exact) mass is 414 g/mol. The van der Waals surface area contributed by atoms with Gasteiger partial charge in [0.25, 0.3) is 12.3 Å². The molecule has 0 saturated carbocycles. The Morgan fingerprint density at radius 3 is 2.50 bits per heavy atom. The molecule has 1 aromatic rings. The zero-order valence-corrected chi connectivity index (χ0v) is 16.5. The number of anilines is 1. The van der Waals surface area contributed by atoms with Gasteiger partial charge in [-0.3, -0.25) is 14.5 Å². The van der Waals surface area contributed by atoms with Gasteiger partial charge in [0.15, 0.2) is 0 Å². The van der Waals surface area contributed by atoms with E-state index >= 15 is 0 Å². The Morgan fingerprint density at radius 1 is 1.25 bits per heavy atom. The number of nitrogens with zero attached hydrogens (tertiary/aromatic N) is 2. The number of hydrogen-bond acceptors (Lipinski definition) is 4. The second kappa shape index (κ2) is 9.05. The maximum absolute atomic E-state index is 12.2. The SMILES string of the molecule is CC(=O)N1CCC(N2CC(Nc3ccc(C(=O)NCC(F)F)c(Cl)c3)C2)CC1. The summed E-state index contributed by atoms with van der Waals surface area (Å²) in [5.74, 6) is -0.464. The Kier molecular flexibility index (Phi) is 6.72. The van der Waals surface area contributed by atoms with Gasteiger partial charge in [0.05, 0.1) is 23.2 Å². The molecule has 0 radical (unpaired) electrons. The van der Waals surface area contributed by atoms with Gasteiger partial charge in [0.2, 0.25) is 5.91 Å². The van der Waals surface area contributed by atoms with Gasteiger partial charge >= 0.3 is 0 Å². The van der Waals surface area contributed by atoms with E-state index in [0.29, 0.717) is 12.1 Å². The molecule has 2 N–H and O–H groups in total. The lowest BCUT2D eigenvalue weighted by Crippen LogP contribution is -2.60. The van der Waals surface area contributed by atoms with Crippen molar-refractivity contribution in [3.05, 3.63) is 28.8 Å². The van der Waals surface area contributed by atoms with E-state index in [1.807, 2.05) is 4.90 Å². The Balaban J connectivity index is 1.45. The van der Waals surface area contributed by atoms with Crippen LogP contribution in [0.1, 0.15) is 30.1 Å². The highest BCUT2D eigenvalue weighted by Crippen LogP contribution is 2.26. The number of likely N-dealkylation sites (tertiary alicyclic amines) is 2. The zero-order valence-electron chi connectivity index (χ0n) is 15.8. The summed E-state index contributed by atoms with van der Waals surface area (Å²) in [7, 11) is 0. The van der Waals surface area contributed by atoms with Crippen LogP contribution >= 0.6 is 11.6 Å². The second-order valence-electron chi connectivity index (χ2n) is 7.33. The van der Waals surface area contributed by atoms with Crippen LogP contribution in [-0.2, 0) is 4.79 Å². The largest absolute Gasteiger partial charge is 0.380 e. The summed E-state index contributed by atoms with van der Waals surface area (Å²) in [6, 6.07) is 5.72. The maximum Gasteiger partial charge on any atom is 0.255 e. The van der Waals surface area contributed by atoms with Gasteiger partial charge in [0.1, 0.15) is 0 Å². The van der Waals surface area contributed by atoms with Crippen molar-refractivity contribution in [3.8, 4) is 0 Å². The molecule has 0 spiro atoms.